The Bertz CT molecular complexity index is 928. The molecular formula is C17H23N5O4. The maximum atomic E-state index is 12.3. The lowest BCUT2D eigenvalue weighted by Crippen LogP contribution is -2.27. The van der Waals surface area contributed by atoms with E-state index in [0.717, 1.165) is 11.3 Å². The van der Waals surface area contributed by atoms with E-state index in [9.17, 15) is 14.4 Å². The van der Waals surface area contributed by atoms with Crippen molar-refractivity contribution >= 4 is 17.7 Å². The number of imidazole rings is 1. The molecule has 2 aromatic heterocycles. The average Bonchev–Trinajstić information content (AvgIpc) is 3.08. The number of carbonyl (C=O) groups is 2. The van der Waals surface area contributed by atoms with Gasteiger partial charge in [0.05, 0.1) is 18.0 Å². The predicted octanol–water partition coefficient (Wildman–Crippen LogP) is 1.38. The number of hydrogen-bond acceptors (Lipinski definition) is 5. The van der Waals surface area contributed by atoms with Gasteiger partial charge in [-0.25, -0.2) is 9.59 Å². The number of aryl methyl sites for hydroxylation is 1. The quantitative estimate of drug-likeness (QED) is 0.713. The van der Waals surface area contributed by atoms with E-state index in [2.05, 4.69) is 20.4 Å². The van der Waals surface area contributed by atoms with Gasteiger partial charge < -0.3 is 15.0 Å². The van der Waals surface area contributed by atoms with E-state index in [1.54, 1.807) is 18.7 Å². The molecular weight excluding hydrogens is 338 g/mol. The van der Waals surface area contributed by atoms with Crippen LogP contribution in [-0.4, -0.2) is 38.2 Å². The summed E-state index contributed by atoms with van der Waals surface area (Å²) < 4.78 is 6.66. The van der Waals surface area contributed by atoms with E-state index in [4.69, 9.17) is 4.74 Å². The molecule has 0 saturated carbocycles. The molecule has 2 aromatic rings. The van der Waals surface area contributed by atoms with Gasteiger partial charge in [-0.2, -0.15) is 5.10 Å². The third-order valence-corrected chi connectivity index (χ3v) is 4.37. The Kier molecular flexibility index (Phi) is 4.25. The van der Waals surface area contributed by atoms with Crippen LogP contribution in [-0.2, 0) is 22.0 Å². The lowest BCUT2D eigenvalue weighted by molar-refractivity contribution is -0.116. The lowest BCUT2D eigenvalue weighted by atomic mass is 9.81. The second kappa shape index (κ2) is 6.15. The highest BCUT2D eigenvalue weighted by Gasteiger charge is 2.39. The van der Waals surface area contributed by atoms with Gasteiger partial charge in [-0.1, -0.05) is 20.8 Å². The zero-order chi connectivity index (χ0) is 19.2. The van der Waals surface area contributed by atoms with Gasteiger partial charge in [-0.05, 0) is 6.92 Å². The molecule has 1 aliphatic rings. The summed E-state index contributed by atoms with van der Waals surface area (Å²) in [5.41, 5.74) is 1.20. The normalized spacial score (nSPS) is 17.0. The number of rotatable bonds is 3. The summed E-state index contributed by atoms with van der Waals surface area (Å²) in [6, 6.07) is 0. The van der Waals surface area contributed by atoms with Crippen LogP contribution in [0.3, 0.4) is 0 Å². The molecule has 0 radical (unpaired) electrons. The minimum atomic E-state index is -0.630. The molecule has 0 saturated heterocycles. The molecule has 0 fully saturated rings. The second-order valence-corrected chi connectivity index (χ2v) is 7.38. The third-order valence-electron chi connectivity index (χ3n) is 4.37. The minimum Gasteiger partial charge on any atom is -0.461 e. The first-order chi connectivity index (χ1) is 12.1. The Morgan fingerprint density at radius 3 is 2.62 bits per heavy atom. The van der Waals surface area contributed by atoms with Crippen molar-refractivity contribution in [3.63, 3.8) is 0 Å². The first-order valence-electron chi connectivity index (χ1n) is 8.50. The number of carbonyl (C=O) groups excluding carboxylic acids is 2. The number of ether oxygens (including phenoxy) is 1. The van der Waals surface area contributed by atoms with E-state index < -0.39 is 17.6 Å². The Balaban J connectivity index is 2.22. The Hall–Kier alpha value is -2.84. The number of nitrogens with zero attached hydrogens (tertiary/aromatic N) is 2. The second-order valence-electron chi connectivity index (χ2n) is 7.38. The Morgan fingerprint density at radius 2 is 2.00 bits per heavy atom. The van der Waals surface area contributed by atoms with E-state index >= 15 is 0 Å². The number of H-pyrrole nitrogens is 2. The van der Waals surface area contributed by atoms with Crippen molar-refractivity contribution in [2.45, 2.75) is 45.4 Å². The molecule has 1 atom stereocenters. The van der Waals surface area contributed by atoms with E-state index in [1.165, 1.54) is 0 Å². The Morgan fingerprint density at radius 1 is 1.31 bits per heavy atom. The summed E-state index contributed by atoms with van der Waals surface area (Å²) in [4.78, 5) is 41.6. The standard InChI is InChI=1S/C17H23N5O4/c1-6-26-15(24)12-11(19-16(25)20-12)8-7-9(23)18-14-10(8)13(17(2,3)4)21-22(14)5/h8H,6-7H2,1-5H3,(H,18,23)(H2,19,20,25)/t8-/m0/s1. The molecule has 1 aliphatic heterocycles. The van der Waals surface area contributed by atoms with Crippen molar-refractivity contribution in [1.29, 1.82) is 0 Å². The lowest BCUT2D eigenvalue weighted by Gasteiger charge is -2.26. The van der Waals surface area contributed by atoms with E-state index in [1.807, 2.05) is 20.8 Å². The highest BCUT2D eigenvalue weighted by atomic mass is 16.5. The van der Waals surface area contributed by atoms with Gasteiger partial charge >= 0.3 is 11.7 Å². The molecule has 1 amide bonds. The highest BCUT2D eigenvalue weighted by molar-refractivity contribution is 5.96. The van der Waals surface area contributed by atoms with Crippen molar-refractivity contribution < 1.29 is 14.3 Å². The van der Waals surface area contributed by atoms with Crippen LogP contribution in [0.25, 0.3) is 0 Å². The van der Waals surface area contributed by atoms with Crippen LogP contribution in [0.4, 0.5) is 5.82 Å². The fourth-order valence-corrected chi connectivity index (χ4v) is 3.31. The smallest absolute Gasteiger partial charge is 0.356 e. The van der Waals surface area contributed by atoms with Crippen LogP contribution in [0.1, 0.15) is 67.5 Å². The molecule has 9 heteroatoms. The highest BCUT2D eigenvalue weighted by Crippen LogP contribution is 2.42. The van der Waals surface area contributed by atoms with Crippen molar-refractivity contribution in [1.82, 2.24) is 19.7 Å². The van der Waals surface area contributed by atoms with Crippen molar-refractivity contribution in [3.8, 4) is 0 Å². The molecule has 0 spiro atoms. The first-order valence-corrected chi connectivity index (χ1v) is 8.50. The summed E-state index contributed by atoms with van der Waals surface area (Å²) in [6.45, 7) is 7.94. The molecule has 0 aliphatic carbocycles. The minimum absolute atomic E-state index is 0.0474. The number of hydrogen-bond donors (Lipinski definition) is 3. The molecule has 0 unspecified atom stereocenters. The molecule has 0 bridgehead atoms. The van der Waals surface area contributed by atoms with Crippen LogP contribution in [0.15, 0.2) is 4.79 Å². The molecule has 0 aromatic carbocycles. The van der Waals surface area contributed by atoms with E-state index in [-0.39, 0.29) is 30.0 Å². The SMILES string of the molecule is CCOC(=O)c1[nH]c(=O)[nH]c1[C@H]1CC(=O)Nc2c1c(C(C)(C)C)nn2C. The molecule has 9 nitrogen and oxygen atoms in total. The van der Waals surface area contributed by atoms with Gasteiger partial charge in [0.25, 0.3) is 0 Å². The van der Waals surface area contributed by atoms with Crippen LogP contribution >= 0.6 is 0 Å². The summed E-state index contributed by atoms with van der Waals surface area (Å²) in [6.07, 6.45) is 0.0992. The number of esters is 1. The maximum Gasteiger partial charge on any atom is 0.356 e. The fraction of sp³-hybridized carbons (Fsp3) is 0.529. The summed E-state index contributed by atoms with van der Waals surface area (Å²) in [5.74, 6) is -0.759. The fourth-order valence-electron chi connectivity index (χ4n) is 3.31. The Labute approximate surface area is 150 Å². The first kappa shape index (κ1) is 18.0. The topological polar surface area (TPSA) is 122 Å². The number of fused-ring (bicyclic) bond motifs is 1. The summed E-state index contributed by atoms with van der Waals surface area (Å²) in [7, 11) is 1.75. The number of nitrogens with one attached hydrogen (secondary N) is 3. The number of aromatic amines is 2. The maximum absolute atomic E-state index is 12.3. The third kappa shape index (κ3) is 2.93. The molecule has 140 valence electrons. The van der Waals surface area contributed by atoms with Gasteiger partial charge in [-0.15, -0.1) is 0 Å². The van der Waals surface area contributed by atoms with Gasteiger partial charge in [0, 0.05) is 30.4 Å². The number of amides is 1. The number of aromatic nitrogens is 4. The van der Waals surface area contributed by atoms with Crippen molar-refractivity contribution in [3.05, 3.63) is 33.1 Å². The van der Waals surface area contributed by atoms with E-state index in [0.29, 0.717) is 11.5 Å². The van der Waals surface area contributed by atoms with Gasteiger partial charge in [0.1, 0.15) is 11.5 Å². The van der Waals surface area contributed by atoms with Crippen LogP contribution in [0, 0.1) is 0 Å². The van der Waals surface area contributed by atoms with Crippen molar-refractivity contribution in [2.24, 2.45) is 7.05 Å². The van der Waals surface area contributed by atoms with Crippen LogP contribution in [0.5, 0.6) is 0 Å². The monoisotopic (exact) mass is 361 g/mol. The zero-order valence-electron chi connectivity index (χ0n) is 15.5. The molecule has 26 heavy (non-hydrogen) atoms. The zero-order valence-corrected chi connectivity index (χ0v) is 15.5. The van der Waals surface area contributed by atoms with Gasteiger partial charge in [0.15, 0.2) is 0 Å². The summed E-state index contributed by atoms with van der Waals surface area (Å²) in [5, 5.41) is 7.42. The van der Waals surface area contributed by atoms with Crippen molar-refractivity contribution in [2.75, 3.05) is 11.9 Å². The predicted molar refractivity (Wildman–Crippen MR) is 94.4 cm³/mol. The molecule has 3 N–H and O–H groups in total. The largest absolute Gasteiger partial charge is 0.461 e. The average molecular weight is 361 g/mol. The van der Waals surface area contributed by atoms with Crippen LogP contribution in [0.2, 0.25) is 0 Å². The van der Waals surface area contributed by atoms with Gasteiger partial charge in [0.2, 0.25) is 5.91 Å². The van der Waals surface area contributed by atoms with Gasteiger partial charge in [-0.3, -0.25) is 14.5 Å². The van der Waals surface area contributed by atoms with Crippen LogP contribution < -0.4 is 11.0 Å². The number of anilines is 1. The molecule has 3 rings (SSSR count). The summed E-state index contributed by atoms with van der Waals surface area (Å²) >= 11 is 0. The molecule has 3 heterocycles.